The Hall–Kier alpha value is -2.52. The van der Waals surface area contributed by atoms with Gasteiger partial charge in [-0.3, -0.25) is 4.79 Å². The first-order valence-corrected chi connectivity index (χ1v) is 9.82. The van der Waals surface area contributed by atoms with Crippen LogP contribution in [0.1, 0.15) is 22.8 Å². The number of carbonyl (C=O) groups is 1. The number of fused-ring (bicyclic) bond motifs is 1. The van der Waals surface area contributed by atoms with Crippen molar-refractivity contribution in [1.82, 2.24) is 10.3 Å². The number of halogens is 3. The van der Waals surface area contributed by atoms with Crippen LogP contribution in [0.2, 0.25) is 0 Å². The molecule has 0 spiro atoms. The molecule has 0 saturated carbocycles. The van der Waals surface area contributed by atoms with Gasteiger partial charge in [0.15, 0.2) is 5.58 Å². The molecule has 0 radical (unpaired) electrons. The van der Waals surface area contributed by atoms with E-state index in [1.807, 2.05) is 36.4 Å². The smallest absolute Gasteiger partial charge is 0.411 e. The van der Waals surface area contributed by atoms with Gasteiger partial charge in [-0.05, 0) is 30.7 Å². The van der Waals surface area contributed by atoms with Gasteiger partial charge in [0.2, 0.25) is 0 Å². The Morgan fingerprint density at radius 2 is 1.93 bits per heavy atom. The summed E-state index contributed by atoms with van der Waals surface area (Å²) in [5.41, 5.74) is 2.65. The average Bonchev–Trinajstić information content (AvgIpc) is 3.08. The zero-order chi connectivity index (χ0) is 20.9. The lowest BCUT2D eigenvalue weighted by Gasteiger charge is -2.16. The molecule has 2 aromatic carbocycles. The van der Waals surface area contributed by atoms with E-state index in [0.717, 1.165) is 11.1 Å². The molecule has 0 aliphatic carbocycles. The molecule has 1 amide bonds. The van der Waals surface area contributed by atoms with Gasteiger partial charge in [0.1, 0.15) is 12.1 Å². The Bertz CT molecular complexity index is 942. The summed E-state index contributed by atoms with van der Waals surface area (Å²) in [6.45, 7) is 0.0139. The molecule has 1 atom stereocenters. The lowest BCUT2D eigenvalue weighted by Crippen LogP contribution is -2.37. The van der Waals surface area contributed by atoms with Crippen molar-refractivity contribution in [2.45, 2.75) is 30.1 Å². The minimum absolute atomic E-state index is 0.231. The summed E-state index contributed by atoms with van der Waals surface area (Å²) in [6.07, 6.45) is -4.39. The first-order chi connectivity index (χ1) is 13.8. The molecule has 0 aliphatic rings. The number of aromatic nitrogens is 1. The normalized spacial score (nSPS) is 12.8. The maximum atomic E-state index is 12.6. The molecule has 1 N–H and O–H groups in total. The van der Waals surface area contributed by atoms with Crippen molar-refractivity contribution in [3.8, 4) is 0 Å². The molecule has 9 heteroatoms. The highest BCUT2D eigenvalue weighted by atomic mass is 32.2. The van der Waals surface area contributed by atoms with Gasteiger partial charge < -0.3 is 14.5 Å². The first kappa shape index (κ1) is 21.2. The van der Waals surface area contributed by atoms with Gasteiger partial charge in [-0.25, -0.2) is 4.98 Å². The molecule has 1 unspecified atom stereocenters. The minimum Gasteiger partial charge on any atom is -0.431 e. The Morgan fingerprint density at radius 3 is 2.69 bits per heavy atom. The summed E-state index contributed by atoms with van der Waals surface area (Å²) in [7, 11) is 0. The van der Waals surface area contributed by atoms with Crippen LogP contribution in [0.3, 0.4) is 0 Å². The third-order valence-corrected chi connectivity index (χ3v) is 4.78. The number of ether oxygens (including phenoxy) is 1. The van der Waals surface area contributed by atoms with Gasteiger partial charge in [-0.1, -0.05) is 42.1 Å². The number of amides is 1. The van der Waals surface area contributed by atoms with Gasteiger partial charge in [-0.2, -0.15) is 13.2 Å². The molecular weight excluding hydrogens is 405 g/mol. The lowest BCUT2D eigenvalue weighted by atomic mass is 10.1. The average molecular weight is 424 g/mol. The molecule has 1 heterocycles. The van der Waals surface area contributed by atoms with E-state index in [1.165, 1.54) is 11.8 Å². The van der Waals surface area contributed by atoms with Gasteiger partial charge in [0, 0.05) is 17.4 Å². The van der Waals surface area contributed by atoms with Crippen LogP contribution >= 0.6 is 11.8 Å². The second-order valence-corrected chi connectivity index (χ2v) is 7.32. The van der Waals surface area contributed by atoms with Crippen LogP contribution in [-0.4, -0.2) is 36.3 Å². The second kappa shape index (κ2) is 9.32. The molecule has 3 rings (SSSR count). The summed E-state index contributed by atoms with van der Waals surface area (Å²) in [5.74, 6) is 0.0805. The molecule has 154 valence electrons. The Labute approximate surface area is 169 Å². The Balaban J connectivity index is 1.59. The lowest BCUT2D eigenvalue weighted by molar-refractivity contribution is -0.174. The summed E-state index contributed by atoms with van der Waals surface area (Å²) < 4.78 is 46.7. The van der Waals surface area contributed by atoms with E-state index < -0.39 is 18.8 Å². The number of oxazole rings is 1. The van der Waals surface area contributed by atoms with Crippen LogP contribution in [0.25, 0.3) is 11.1 Å². The van der Waals surface area contributed by atoms with E-state index in [9.17, 15) is 18.0 Å². The standard InChI is InChI=1S/C20H19F3N2O3S/c1-13(10-27-12-20(21,22)23)24-18(26)15-7-3-2-6-14(15)11-29-19-25-16-8-4-5-9-17(16)28-19/h2-9,13H,10-12H2,1H3,(H,24,26). The van der Waals surface area contributed by atoms with Crippen molar-refractivity contribution in [3.05, 3.63) is 59.7 Å². The van der Waals surface area contributed by atoms with Crippen molar-refractivity contribution < 1.29 is 27.1 Å². The molecule has 0 fully saturated rings. The van der Waals surface area contributed by atoms with Crippen LogP contribution in [0.15, 0.2) is 58.2 Å². The topological polar surface area (TPSA) is 64.4 Å². The zero-order valence-corrected chi connectivity index (χ0v) is 16.3. The number of thioether (sulfide) groups is 1. The molecule has 29 heavy (non-hydrogen) atoms. The number of carbonyl (C=O) groups excluding carboxylic acids is 1. The number of hydrogen-bond donors (Lipinski definition) is 1. The SMILES string of the molecule is CC(COCC(F)(F)F)NC(=O)c1ccccc1CSc1nc2ccccc2o1. The molecule has 5 nitrogen and oxygen atoms in total. The van der Waals surface area contributed by atoms with E-state index in [2.05, 4.69) is 15.0 Å². The predicted molar refractivity (Wildman–Crippen MR) is 104 cm³/mol. The summed E-state index contributed by atoms with van der Waals surface area (Å²) >= 11 is 1.36. The van der Waals surface area contributed by atoms with Gasteiger partial charge in [-0.15, -0.1) is 0 Å². The quantitative estimate of drug-likeness (QED) is 0.526. The highest BCUT2D eigenvalue weighted by Crippen LogP contribution is 2.27. The Morgan fingerprint density at radius 1 is 1.21 bits per heavy atom. The van der Waals surface area contributed by atoms with Crippen LogP contribution in [0.4, 0.5) is 13.2 Å². The number of benzene rings is 2. The molecule has 0 saturated heterocycles. The van der Waals surface area contributed by atoms with E-state index >= 15 is 0 Å². The molecule has 3 aromatic rings. The van der Waals surface area contributed by atoms with E-state index in [-0.39, 0.29) is 12.5 Å². The number of rotatable bonds is 8. The van der Waals surface area contributed by atoms with Crippen molar-refractivity contribution in [1.29, 1.82) is 0 Å². The monoisotopic (exact) mass is 424 g/mol. The number of alkyl halides is 3. The number of nitrogens with one attached hydrogen (secondary N) is 1. The fourth-order valence-electron chi connectivity index (χ4n) is 2.61. The van der Waals surface area contributed by atoms with Crippen molar-refractivity contribution in [2.24, 2.45) is 0 Å². The fraction of sp³-hybridized carbons (Fsp3) is 0.300. The fourth-order valence-corrected chi connectivity index (χ4v) is 3.46. The zero-order valence-electron chi connectivity index (χ0n) is 15.5. The third kappa shape index (κ3) is 6.23. The van der Waals surface area contributed by atoms with Crippen LogP contribution in [0.5, 0.6) is 0 Å². The maximum Gasteiger partial charge on any atom is 0.411 e. The van der Waals surface area contributed by atoms with Crippen LogP contribution < -0.4 is 5.32 Å². The van der Waals surface area contributed by atoms with Gasteiger partial charge >= 0.3 is 6.18 Å². The van der Waals surface area contributed by atoms with Crippen LogP contribution in [0, 0.1) is 0 Å². The first-order valence-electron chi connectivity index (χ1n) is 8.83. The number of hydrogen-bond acceptors (Lipinski definition) is 5. The summed E-state index contributed by atoms with van der Waals surface area (Å²) in [4.78, 5) is 16.9. The number of para-hydroxylation sites is 2. The number of nitrogens with zero attached hydrogens (tertiary/aromatic N) is 1. The minimum atomic E-state index is -4.39. The van der Waals surface area contributed by atoms with Crippen molar-refractivity contribution in [2.75, 3.05) is 13.2 Å². The second-order valence-electron chi connectivity index (χ2n) is 6.40. The highest BCUT2D eigenvalue weighted by Gasteiger charge is 2.27. The van der Waals surface area contributed by atoms with Crippen molar-refractivity contribution in [3.63, 3.8) is 0 Å². The molecule has 1 aromatic heterocycles. The highest BCUT2D eigenvalue weighted by molar-refractivity contribution is 7.98. The van der Waals surface area contributed by atoms with Gasteiger partial charge in [0.25, 0.3) is 11.1 Å². The predicted octanol–water partition coefficient (Wildman–Crippen LogP) is 4.82. The van der Waals surface area contributed by atoms with E-state index in [0.29, 0.717) is 22.1 Å². The largest absolute Gasteiger partial charge is 0.431 e. The molecular formula is C20H19F3N2O3S. The summed E-state index contributed by atoms with van der Waals surface area (Å²) in [5, 5.41) is 3.16. The maximum absolute atomic E-state index is 12.6. The Kier molecular flexibility index (Phi) is 6.81. The van der Waals surface area contributed by atoms with Crippen molar-refractivity contribution >= 4 is 28.8 Å². The van der Waals surface area contributed by atoms with Crippen LogP contribution in [-0.2, 0) is 10.5 Å². The van der Waals surface area contributed by atoms with E-state index in [1.54, 1.807) is 19.1 Å². The molecule has 0 aliphatic heterocycles. The third-order valence-electron chi connectivity index (χ3n) is 3.90. The summed E-state index contributed by atoms with van der Waals surface area (Å²) in [6, 6.07) is 13.9. The molecule has 0 bridgehead atoms. The van der Waals surface area contributed by atoms with Gasteiger partial charge in [0.05, 0.1) is 6.61 Å². The van der Waals surface area contributed by atoms with E-state index in [4.69, 9.17) is 4.42 Å².